The van der Waals surface area contributed by atoms with Gasteiger partial charge in [0.25, 0.3) is 0 Å². The summed E-state index contributed by atoms with van der Waals surface area (Å²) in [5, 5.41) is 12.0. The lowest BCUT2D eigenvalue weighted by molar-refractivity contribution is 0.0605. The second kappa shape index (κ2) is 7.42. The number of nitrogens with one attached hydrogen (secondary N) is 1. The van der Waals surface area contributed by atoms with Crippen LogP contribution in [0.2, 0.25) is 0 Å². The Morgan fingerprint density at radius 3 is 2.61 bits per heavy atom. The van der Waals surface area contributed by atoms with Crippen LogP contribution >= 0.6 is 11.3 Å². The quantitative estimate of drug-likeness (QED) is 0.867. The van der Waals surface area contributed by atoms with E-state index in [0.717, 1.165) is 16.9 Å². The highest BCUT2D eigenvalue weighted by Crippen LogP contribution is 2.33. The molecule has 0 atom stereocenters. The highest BCUT2D eigenvalue weighted by Gasteiger charge is 2.22. The van der Waals surface area contributed by atoms with E-state index in [1.54, 1.807) is 6.92 Å². The van der Waals surface area contributed by atoms with Gasteiger partial charge in [-0.15, -0.1) is 11.3 Å². The molecular formula is C16H14N2O4S. The van der Waals surface area contributed by atoms with Crippen LogP contribution in [0, 0.1) is 18.3 Å². The van der Waals surface area contributed by atoms with Gasteiger partial charge in [0.15, 0.2) is 0 Å². The van der Waals surface area contributed by atoms with Crippen molar-refractivity contribution in [3.63, 3.8) is 0 Å². The zero-order chi connectivity index (χ0) is 16.8. The van der Waals surface area contributed by atoms with E-state index < -0.39 is 12.1 Å². The molecule has 118 valence electrons. The third-order valence-electron chi connectivity index (χ3n) is 3.06. The molecule has 0 saturated carbocycles. The van der Waals surface area contributed by atoms with Crippen molar-refractivity contribution in [2.24, 2.45) is 0 Å². The van der Waals surface area contributed by atoms with Gasteiger partial charge < -0.3 is 9.47 Å². The Balaban J connectivity index is 2.09. The number of hydrogen-bond donors (Lipinski definition) is 1. The maximum absolute atomic E-state index is 11.9. The lowest BCUT2D eigenvalue weighted by atomic mass is 10.2. The Morgan fingerprint density at radius 2 is 2.00 bits per heavy atom. The average molecular weight is 330 g/mol. The molecule has 1 heterocycles. The number of carbonyl (C=O) groups is 2. The highest BCUT2D eigenvalue weighted by molar-refractivity contribution is 7.18. The first-order valence-electron chi connectivity index (χ1n) is 6.66. The number of benzene rings is 1. The molecular weight excluding hydrogens is 316 g/mol. The number of nitrogens with zero attached hydrogens (tertiary/aromatic N) is 1. The predicted molar refractivity (Wildman–Crippen MR) is 85.4 cm³/mol. The molecule has 0 fully saturated rings. The topological polar surface area (TPSA) is 88.4 Å². The summed E-state index contributed by atoms with van der Waals surface area (Å²) in [7, 11) is 1.26. The minimum Gasteiger partial charge on any atom is -0.465 e. The van der Waals surface area contributed by atoms with Gasteiger partial charge in [-0.25, -0.2) is 9.59 Å². The van der Waals surface area contributed by atoms with Crippen molar-refractivity contribution in [1.82, 2.24) is 0 Å². The minimum absolute atomic E-state index is 0.114. The number of ether oxygens (including phenoxy) is 2. The molecule has 1 aromatic carbocycles. The Morgan fingerprint density at radius 1 is 1.30 bits per heavy atom. The molecule has 0 aliphatic carbocycles. The molecule has 1 aromatic heterocycles. The van der Waals surface area contributed by atoms with E-state index in [-0.39, 0.29) is 22.0 Å². The molecule has 0 aliphatic rings. The van der Waals surface area contributed by atoms with Gasteiger partial charge in [0.05, 0.1) is 12.7 Å². The van der Waals surface area contributed by atoms with Gasteiger partial charge in [-0.3, -0.25) is 5.32 Å². The molecule has 23 heavy (non-hydrogen) atoms. The van der Waals surface area contributed by atoms with Gasteiger partial charge in [-0.1, -0.05) is 30.3 Å². The smallest absolute Gasteiger partial charge is 0.412 e. The van der Waals surface area contributed by atoms with Gasteiger partial charge in [0, 0.05) is 0 Å². The summed E-state index contributed by atoms with van der Waals surface area (Å²) in [6.07, 6.45) is -0.692. The lowest BCUT2D eigenvalue weighted by Gasteiger charge is -2.05. The van der Waals surface area contributed by atoms with E-state index in [2.05, 4.69) is 10.1 Å². The van der Waals surface area contributed by atoms with E-state index in [0.29, 0.717) is 5.56 Å². The second-order valence-electron chi connectivity index (χ2n) is 4.55. The van der Waals surface area contributed by atoms with Crippen LogP contribution < -0.4 is 5.32 Å². The zero-order valence-corrected chi connectivity index (χ0v) is 13.4. The third-order valence-corrected chi connectivity index (χ3v) is 4.25. The normalized spacial score (nSPS) is 9.78. The first-order valence-corrected chi connectivity index (χ1v) is 7.48. The number of nitriles is 1. The summed E-state index contributed by atoms with van der Waals surface area (Å²) in [4.78, 5) is 23.8. The summed E-state index contributed by atoms with van der Waals surface area (Å²) < 4.78 is 9.76. The van der Waals surface area contributed by atoms with Crippen LogP contribution in [-0.2, 0) is 16.1 Å². The maximum Gasteiger partial charge on any atom is 0.412 e. The van der Waals surface area contributed by atoms with Crippen LogP contribution in [-0.4, -0.2) is 19.2 Å². The summed E-state index contributed by atoms with van der Waals surface area (Å²) in [5.41, 5.74) is 1.55. The fourth-order valence-electron chi connectivity index (χ4n) is 1.88. The van der Waals surface area contributed by atoms with Gasteiger partial charge in [-0.05, 0) is 18.1 Å². The van der Waals surface area contributed by atoms with Crippen molar-refractivity contribution in [1.29, 1.82) is 5.26 Å². The standard InChI is InChI=1S/C16H14N2O4S/c1-10-12(8-17)14(23-13(10)15(19)21-2)18-16(20)22-9-11-6-4-3-5-7-11/h3-7H,9H2,1-2H3,(H,18,20). The number of thiophene rings is 1. The molecule has 0 unspecified atom stereocenters. The summed E-state index contributed by atoms with van der Waals surface area (Å²) >= 11 is 0.984. The highest BCUT2D eigenvalue weighted by atomic mass is 32.1. The van der Waals surface area contributed by atoms with Crippen molar-refractivity contribution < 1.29 is 19.1 Å². The van der Waals surface area contributed by atoms with Crippen LogP contribution in [0.1, 0.15) is 26.4 Å². The number of carbonyl (C=O) groups excluding carboxylic acids is 2. The first-order chi connectivity index (χ1) is 11.1. The fourth-order valence-corrected chi connectivity index (χ4v) is 2.94. The lowest BCUT2D eigenvalue weighted by Crippen LogP contribution is -2.13. The van der Waals surface area contributed by atoms with Gasteiger partial charge in [-0.2, -0.15) is 5.26 Å². The Hall–Kier alpha value is -2.85. The number of hydrogen-bond acceptors (Lipinski definition) is 6. The van der Waals surface area contributed by atoms with E-state index in [4.69, 9.17) is 4.74 Å². The van der Waals surface area contributed by atoms with Crippen LogP contribution in [0.3, 0.4) is 0 Å². The van der Waals surface area contributed by atoms with E-state index in [9.17, 15) is 14.9 Å². The summed E-state index contributed by atoms with van der Waals surface area (Å²) in [6.45, 7) is 1.74. The van der Waals surface area contributed by atoms with E-state index in [1.807, 2.05) is 36.4 Å². The largest absolute Gasteiger partial charge is 0.465 e. The molecule has 0 saturated heterocycles. The first kappa shape index (κ1) is 16.5. The summed E-state index contributed by atoms with van der Waals surface area (Å²) in [6, 6.07) is 11.2. The SMILES string of the molecule is COC(=O)c1sc(NC(=O)OCc2ccccc2)c(C#N)c1C. The fraction of sp³-hybridized carbons (Fsp3) is 0.188. The van der Waals surface area contributed by atoms with E-state index >= 15 is 0 Å². The minimum atomic E-state index is -0.692. The second-order valence-corrected chi connectivity index (χ2v) is 5.57. The molecule has 6 nitrogen and oxygen atoms in total. The predicted octanol–water partition coefficient (Wildman–Crippen LogP) is 3.46. The number of rotatable bonds is 4. The molecule has 0 aliphatic heterocycles. The van der Waals surface area contributed by atoms with Crippen molar-refractivity contribution in [3.05, 3.63) is 51.9 Å². The van der Waals surface area contributed by atoms with E-state index in [1.165, 1.54) is 7.11 Å². The van der Waals surface area contributed by atoms with Gasteiger partial charge >= 0.3 is 12.1 Å². The van der Waals surface area contributed by atoms with Crippen LogP contribution in [0.4, 0.5) is 9.80 Å². The number of anilines is 1. The van der Waals surface area contributed by atoms with Gasteiger partial charge in [0.2, 0.25) is 0 Å². The molecule has 1 N–H and O–H groups in total. The average Bonchev–Trinajstić information content (AvgIpc) is 2.88. The molecule has 2 aromatic rings. The Labute approximate surface area is 137 Å². The maximum atomic E-state index is 11.9. The van der Waals surface area contributed by atoms with Crippen LogP contribution in [0.15, 0.2) is 30.3 Å². The van der Waals surface area contributed by atoms with Crippen LogP contribution in [0.25, 0.3) is 0 Å². The molecule has 0 radical (unpaired) electrons. The van der Waals surface area contributed by atoms with Crippen molar-refractivity contribution in [2.45, 2.75) is 13.5 Å². The molecule has 0 bridgehead atoms. The summed E-state index contributed by atoms with van der Waals surface area (Å²) in [5.74, 6) is -0.547. The number of esters is 1. The molecule has 1 amide bonds. The Kier molecular flexibility index (Phi) is 5.33. The Bertz CT molecular complexity index is 762. The zero-order valence-electron chi connectivity index (χ0n) is 12.6. The van der Waals surface area contributed by atoms with Crippen molar-refractivity contribution in [3.8, 4) is 6.07 Å². The third kappa shape index (κ3) is 3.87. The van der Waals surface area contributed by atoms with Crippen LogP contribution in [0.5, 0.6) is 0 Å². The van der Waals surface area contributed by atoms with Crippen molar-refractivity contribution in [2.75, 3.05) is 12.4 Å². The molecule has 7 heteroatoms. The van der Waals surface area contributed by atoms with Gasteiger partial charge in [0.1, 0.15) is 22.6 Å². The number of amides is 1. The van der Waals surface area contributed by atoms with Crippen molar-refractivity contribution >= 4 is 28.4 Å². The monoisotopic (exact) mass is 330 g/mol. The number of methoxy groups -OCH3 is 1. The molecule has 2 rings (SSSR count). The molecule has 0 spiro atoms.